The molecule has 19 heavy (non-hydrogen) atoms. The Morgan fingerprint density at radius 1 is 1.58 bits per heavy atom. The summed E-state index contributed by atoms with van der Waals surface area (Å²) in [7, 11) is 0. The molecule has 0 saturated carbocycles. The molecule has 1 unspecified atom stereocenters. The summed E-state index contributed by atoms with van der Waals surface area (Å²) in [5.74, 6) is 0.953. The van der Waals surface area contributed by atoms with Gasteiger partial charge in [0.15, 0.2) is 0 Å². The second-order valence-corrected chi connectivity index (χ2v) is 5.33. The summed E-state index contributed by atoms with van der Waals surface area (Å²) in [6, 6.07) is 1.99. The average molecular weight is 284 g/mol. The maximum absolute atomic E-state index is 6.05. The van der Waals surface area contributed by atoms with Crippen LogP contribution in [0.2, 0.25) is 5.02 Å². The second-order valence-electron chi connectivity index (χ2n) is 4.92. The molecule has 1 aliphatic heterocycles. The van der Waals surface area contributed by atoms with E-state index in [4.69, 9.17) is 22.1 Å². The number of nitrogens with zero attached hydrogens (tertiary/aromatic N) is 2. The molecule has 1 saturated heterocycles. The van der Waals surface area contributed by atoms with Crippen LogP contribution < -0.4 is 10.6 Å². The molecule has 2 rings (SSSR count). The van der Waals surface area contributed by atoms with Crippen molar-refractivity contribution in [2.24, 2.45) is 5.73 Å². The lowest BCUT2D eigenvalue weighted by Gasteiger charge is -2.33. The molecule has 106 valence electrons. The molecule has 5 heteroatoms. The largest absolute Gasteiger partial charge is 0.376 e. The van der Waals surface area contributed by atoms with Gasteiger partial charge in [0.1, 0.15) is 5.82 Å². The van der Waals surface area contributed by atoms with Gasteiger partial charge in [-0.2, -0.15) is 0 Å². The van der Waals surface area contributed by atoms with E-state index in [1.54, 1.807) is 6.20 Å². The van der Waals surface area contributed by atoms with E-state index in [-0.39, 0.29) is 0 Å². The number of hydrogen-bond acceptors (Lipinski definition) is 4. The van der Waals surface area contributed by atoms with Crippen molar-refractivity contribution in [1.82, 2.24) is 4.98 Å². The van der Waals surface area contributed by atoms with Gasteiger partial charge in [-0.15, -0.1) is 0 Å². The van der Waals surface area contributed by atoms with E-state index in [9.17, 15) is 0 Å². The Kier molecular flexibility index (Phi) is 5.43. The minimum Gasteiger partial charge on any atom is -0.376 e. The minimum absolute atomic E-state index is 0.313. The molecule has 0 aliphatic carbocycles. The Hall–Kier alpha value is -0.840. The highest BCUT2D eigenvalue weighted by Crippen LogP contribution is 2.23. The lowest BCUT2D eigenvalue weighted by Crippen LogP contribution is -2.40. The lowest BCUT2D eigenvalue weighted by atomic mass is 10.1. The van der Waals surface area contributed by atoms with Gasteiger partial charge in [0.25, 0.3) is 0 Å². The van der Waals surface area contributed by atoms with Crippen molar-refractivity contribution in [3.8, 4) is 0 Å². The van der Waals surface area contributed by atoms with Gasteiger partial charge in [-0.05, 0) is 30.9 Å². The van der Waals surface area contributed by atoms with Crippen molar-refractivity contribution in [3.63, 3.8) is 0 Å². The number of anilines is 1. The SMILES string of the molecule is CCCOC1CCCN(c2cc(CN)c(Cl)cn2)C1. The average Bonchev–Trinajstić information content (AvgIpc) is 2.46. The van der Waals surface area contributed by atoms with Crippen molar-refractivity contribution in [1.29, 1.82) is 0 Å². The van der Waals surface area contributed by atoms with E-state index < -0.39 is 0 Å². The van der Waals surface area contributed by atoms with Crippen LogP contribution in [0, 0.1) is 0 Å². The minimum atomic E-state index is 0.313. The Balaban J connectivity index is 2.04. The summed E-state index contributed by atoms with van der Waals surface area (Å²) in [6.07, 6.45) is 5.33. The Morgan fingerprint density at radius 2 is 2.42 bits per heavy atom. The molecule has 0 spiro atoms. The van der Waals surface area contributed by atoms with Crippen LogP contribution in [-0.2, 0) is 11.3 Å². The number of pyridine rings is 1. The van der Waals surface area contributed by atoms with Crippen LogP contribution in [0.5, 0.6) is 0 Å². The Bertz CT molecular complexity index is 414. The highest BCUT2D eigenvalue weighted by Gasteiger charge is 2.21. The highest BCUT2D eigenvalue weighted by molar-refractivity contribution is 6.31. The first kappa shape index (κ1) is 14.6. The third kappa shape index (κ3) is 3.81. The fourth-order valence-corrected chi connectivity index (χ4v) is 2.54. The van der Waals surface area contributed by atoms with Crippen molar-refractivity contribution >= 4 is 17.4 Å². The first-order chi connectivity index (χ1) is 9.24. The number of halogens is 1. The molecule has 0 bridgehead atoms. The van der Waals surface area contributed by atoms with Crippen LogP contribution in [0.4, 0.5) is 5.82 Å². The number of nitrogens with two attached hydrogens (primary N) is 1. The summed E-state index contributed by atoms with van der Waals surface area (Å²) < 4.78 is 5.84. The number of aromatic nitrogens is 1. The normalized spacial score (nSPS) is 19.7. The molecule has 1 aliphatic rings. The summed E-state index contributed by atoms with van der Waals surface area (Å²) in [5.41, 5.74) is 6.63. The zero-order valence-electron chi connectivity index (χ0n) is 11.4. The first-order valence-electron chi connectivity index (χ1n) is 6.95. The van der Waals surface area contributed by atoms with Crippen LogP contribution in [0.15, 0.2) is 12.3 Å². The monoisotopic (exact) mass is 283 g/mol. The molecule has 1 atom stereocenters. The van der Waals surface area contributed by atoms with E-state index in [1.165, 1.54) is 0 Å². The molecule has 4 nitrogen and oxygen atoms in total. The van der Waals surface area contributed by atoms with Gasteiger partial charge < -0.3 is 15.4 Å². The van der Waals surface area contributed by atoms with Gasteiger partial charge in [-0.3, -0.25) is 0 Å². The summed E-state index contributed by atoms with van der Waals surface area (Å²) >= 11 is 6.05. The smallest absolute Gasteiger partial charge is 0.128 e. The van der Waals surface area contributed by atoms with Gasteiger partial charge in [0, 0.05) is 32.4 Å². The maximum Gasteiger partial charge on any atom is 0.128 e. The topological polar surface area (TPSA) is 51.4 Å². The number of hydrogen-bond donors (Lipinski definition) is 1. The van der Waals surface area contributed by atoms with Gasteiger partial charge in [0.05, 0.1) is 11.1 Å². The first-order valence-corrected chi connectivity index (χ1v) is 7.33. The van der Waals surface area contributed by atoms with Crippen LogP contribution >= 0.6 is 11.6 Å². The van der Waals surface area contributed by atoms with Crippen LogP contribution in [0.25, 0.3) is 0 Å². The molecule has 1 aromatic heterocycles. The fourth-order valence-electron chi connectivity index (χ4n) is 2.36. The number of rotatable bonds is 5. The Labute approximate surface area is 119 Å². The van der Waals surface area contributed by atoms with Gasteiger partial charge in [0.2, 0.25) is 0 Å². The van der Waals surface area contributed by atoms with Gasteiger partial charge >= 0.3 is 0 Å². The van der Waals surface area contributed by atoms with E-state index in [0.29, 0.717) is 17.7 Å². The third-order valence-corrected chi connectivity index (χ3v) is 3.74. The predicted molar refractivity (Wildman–Crippen MR) is 78.6 cm³/mol. The summed E-state index contributed by atoms with van der Waals surface area (Å²) in [6.45, 7) is 5.33. The third-order valence-electron chi connectivity index (χ3n) is 3.40. The lowest BCUT2D eigenvalue weighted by molar-refractivity contribution is 0.0439. The van der Waals surface area contributed by atoms with Crippen LogP contribution in [0.3, 0.4) is 0 Å². The van der Waals surface area contributed by atoms with Gasteiger partial charge in [-0.1, -0.05) is 18.5 Å². The quantitative estimate of drug-likeness (QED) is 0.902. The molecular weight excluding hydrogens is 262 g/mol. The zero-order valence-corrected chi connectivity index (χ0v) is 12.2. The zero-order chi connectivity index (χ0) is 13.7. The van der Waals surface area contributed by atoms with E-state index in [2.05, 4.69) is 16.8 Å². The molecule has 1 fully saturated rings. The molecule has 0 amide bonds. The van der Waals surface area contributed by atoms with Crippen LogP contribution in [0.1, 0.15) is 31.7 Å². The van der Waals surface area contributed by atoms with Crippen molar-refractivity contribution in [3.05, 3.63) is 22.8 Å². The van der Waals surface area contributed by atoms with E-state index >= 15 is 0 Å². The Morgan fingerprint density at radius 3 is 3.16 bits per heavy atom. The van der Waals surface area contributed by atoms with Gasteiger partial charge in [-0.25, -0.2) is 4.98 Å². The fraction of sp³-hybridized carbons (Fsp3) is 0.643. The standard InChI is InChI=1S/C14H22ClN3O/c1-2-6-19-12-4-3-5-18(10-12)14-7-11(8-16)13(15)9-17-14/h7,9,12H,2-6,8,10,16H2,1H3. The maximum atomic E-state index is 6.05. The molecular formula is C14H22ClN3O. The van der Waals surface area contributed by atoms with E-state index in [1.807, 2.05) is 6.07 Å². The molecule has 0 aromatic carbocycles. The predicted octanol–water partition coefficient (Wildman–Crippen LogP) is 2.59. The van der Waals surface area contributed by atoms with Crippen molar-refractivity contribution in [2.75, 3.05) is 24.6 Å². The second kappa shape index (κ2) is 7.08. The van der Waals surface area contributed by atoms with Crippen molar-refractivity contribution in [2.45, 2.75) is 38.8 Å². The van der Waals surface area contributed by atoms with Crippen molar-refractivity contribution < 1.29 is 4.74 Å². The molecule has 1 aromatic rings. The number of piperidine rings is 1. The summed E-state index contributed by atoms with van der Waals surface area (Å²) in [5, 5.41) is 0.641. The number of ether oxygens (including phenoxy) is 1. The van der Waals surface area contributed by atoms with E-state index in [0.717, 1.165) is 50.3 Å². The van der Waals surface area contributed by atoms with Crippen LogP contribution in [-0.4, -0.2) is 30.8 Å². The molecule has 0 radical (unpaired) electrons. The summed E-state index contributed by atoms with van der Waals surface area (Å²) in [4.78, 5) is 6.67. The molecule has 2 N–H and O–H groups in total. The highest BCUT2D eigenvalue weighted by atomic mass is 35.5. The molecule has 2 heterocycles.